The summed E-state index contributed by atoms with van der Waals surface area (Å²) in [6, 6.07) is 12.4. The summed E-state index contributed by atoms with van der Waals surface area (Å²) >= 11 is 0. The Bertz CT molecular complexity index is 905. The van der Waals surface area contributed by atoms with Gasteiger partial charge in [0.1, 0.15) is 5.69 Å². The molecule has 0 aromatic heterocycles. The summed E-state index contributed by atoms with van der Waals surface area (Å²) in [6.45, 7) is 0. The van der Waals surface area contributed by atoms with Crippen LogP contribution >= 0.6 is 0 Å². The lowest BCUT2D eigenvalue weighted by atomic mass is 9.76. The highest BCUT2D eigenvalue weighted by Gasteiger charge is 2.40. The number of methoxy groups -OCH3 is 1. The van der Waals surface area contributed by atoms with Gasteiger partial charge < -0.3 is 10.1 Å². The van der Waals surface area contributed by atoms with Gasteiger partial charge >= 0.3 is 5.97 Å². The second-order valence-corrected chi connectivity index (χ2v) is 6.59. The number of carbonyl (C=O) groups is 1. The van der Waals surface area contributed by atoms with Crippen LogP contribution in [0.3, 0.4) is 0 Å². The van der Waals surface area contributed by atoms with Gasteiger partial charge in [0.05, 0.1) is 23.6 Å². The molecule has 2 aliphatic rings. The molecule has 0 amide bonds. The molecule has 132 valence electrons. The summed E-state index contributed by atoms with van der Waals surface area (Å²) < 4.78 is 4.74. The van der Waals surface area contributed by atoms with Gasteiger partial charge in [-0.1, -0.05) is 36.4 Å². The van der Waals surface area contributed by atoms with Crippen LogP contribution in [-0.2, 0) is 4.74 Å². The Morgan fingerprint density at radius 1 is 1.23 bits per heavy atom. The van der Waals surface area contributed by atoms with Gasteiger partial charge in [-0.15, -0.1) is 0 Å². The number of carbonyl (C=O) groups excluding carboxylic acids is 1. The summed E-state index contributed by atoms with van der Waals surface area (Å²) in [6.07, 6.45) is 5.19. The predicted octanol–water partition coefficient (Wildman–Crippen LogP) is 4.21. The summed E-state index contributed by atoms with van der Waals surface area (Å²) in [4.78, 5) is 22.8. The van der Waals surface area contributed by atoms with Crippen LogP contribution in [0.2, 0.25) is 0 Å². The highest BCUT2D eigenvalue weighted by atomic mass is 16.6. The number of rotatable bonds is 3. The first-order valence-electron chi connectivity index (χ1n) is 8.49. The maximum absolute atomic E-state index is 11.6. The molecule has 0 saturated heterocycles. The van der Waals surface area contributed by atoms with E-state index in [1.165, 1.54) is 13.2 Å². The lowest BCUT2D eigenvalue weighted by Gasteiger charge is -2.37. The zero-order chi connectivity index (χ0) is 18.3. The SMILES string of the molecule is COC(=O)c1ccc(C2Nc3c(cccc3[N+](=O)[O-])C3C=CCC32)cc1. The van der Waals surface area contributed by atoms with Crippen LogP contribution in [0.5, 0.6) is 0 Å². The van der Waals surface area contributed by atoms with Crippen LogP contribution < -0.4 is 5.32 Å². The van der Waals surface area contributed by atoms with Crippen molar-refractivity contribution in [3.05, 3.63) is 81.4 Å². The predicted molar refractivity (Wildman–Crippen MR) is 97.2 cm³/mol. The van der Waals surface area contributed by atoms with Crippen molar-refractivity contribution in [2.75, 3.05) is 12.4 Å². The number of benzene rings is 2. The maximum Gasteiger partial charge on any atom is 0.337 e. The Labute approximate surface area is 150 Å². The van der Waals surface area contributed by atoms with Gasteiger partial charge in [-0.25, -0.2) is 4.79 Å². The maximum atomic E-state index is 11.6. The number of allylic oxidation sites excluding steroid dienone is 2. The van der Waals surface area contributed by atoms with Gasteiger partial charge in [0, 0.05) is 12.0 Å². The minimum atomic E-state index is -0.380. The molecule has 0 spiro atoms. The molecule has 3 unspecified atom stereocenters. The molecule has 4 rings (SSSR count). The van der Waals surface area contributed by atoms with E-state index in [-0.39, 0.29) is 34.5 Å². The van der Waals surface area contributed by atoms with Crippen molar-refractivity contribution in [3.8, 4) is 0 Å². The van der Waals surface area contributed by atoms with E-state index >= 15 is 0 Å². The third-order valence-electron chi connectivity index (χ3n) is 5.26. The Kier molecular flexibility index (Phi) is 3.95. The van der Waals surface area contributed by atoms with Crippen molar-refractivity contribution < 1.29 is 14.5 Å². The summed E-state index contributed by atoms with van der Waals surface area (Å²) in [7, 11) is 1.35. The van der Waals surface area contributed by atoms with Crippen molar-refractivity contribution in [2.24, 2.45) is 5.92 Å². The number of anilines is 1. The summed E-state index contributed by atoms with van der Waals surface area (Å²) in [5.74, 6) is 0.0551. The number of esters is 1. The van der Waals surface area contributed by atoms with E-state index < -0.39 is 0 Å². The van der Waals surface area contributed by atoms with Crippen molar-refractivity contribution in [3.63, 3.8) is 0 Å². The average Bonchev–Trinajstić information content (AvgIpc) is 3.16. The first-order chi connectivity index (χ1) is 12.6. The smallest absolute Gasteiger partial charge is 0.337 e. The lowest BCUT2D eigenvalue weighted by molar-refractivity contribution is -0.384. The minimum Gasteiger partial charge on any atom is -0.465 e. The van der Waals surface area contributed by atoms with Crippen LogP contribution in [0.4, 0.5) is 11.4 Å². The number of nitrogens with zero attached hydrogens (tertiary/aromatic N) is 1. The van der Waals surface area contributed by atoms with E-state index in [9.17, 15) is 14.9 Å². The number of hydrogen-bond donors (Lipinski definition) is 1. The molecule has 1 heterocycles. The third kappa shape index (κ3) is 2.54. The van der Waals surface area contributed by atoms with Crippen LogP contribution in [-0.4, -0.2) is 18.0 Å². The largest absolute Gasteiger partial charge is 0.465 e. The van der Waals surface area contributed by atoms with Gasteiger partial charge in [-0.05, 0) is 35.6 Å². The molecule has 0 fully saturated rings. The van der Waals surface area contributed by atoms with Crippen LogP contribution in [0.15, 0.2) is 54.6 Å². The number of fused-ring (bicyclic) bond motifs is 3. The molecule has 1 aliphatic heterocycles. The zero-order valence-electron chi connectivity index (χ0n) is 14.2. The molecule has 0 saturated carbocycles. The fourth-order valence-corrected chi connectivity index (χ4v) is 4.03. The van der Waals surface area contributed by atoms with Gasteiger partial charge in [0.2, 0.25) is 0 Å². The van der Waals surface area contributed by atoms with Crippen molar-refractivity contribution in [2.45, 2.75) is 18.4 Å². The van der Waals surface area contributed by atoms with Crippen LogP contribution in [0.25, 0.3) is 0 Å². The Balaban J connectivity index is 1.75. The summed E-state index contributed by atoms with van der Waals surface area (Å²) in [5.41, 5.74) is 3.14. The molecule has 2 aromatic carbocycles. The monoisotopic (exact) mass is 350 g/mol. The molecule has 6 nitrogen and oxygen atoms in total. The molecular formula is C20H18N2O4. The summed E-state index contributed by atoms with van der Waals surface area (Å²) in [5, 5.41) is 14.9. The molecule has 0 bridgehead atoms. The van der Waals surface area contributed by atoms with Crippen molar-refractivity contribution in [1.82, 2.24) is 0 Å². The number of ether oxygens (including phenoxy) is 1. The highest BCUT2D eigenvalue weighted by molar-refractivity contribution is 5.89. The number of nitro benzene ring substituents is 1. The number of nitro groups is 1. The Hall–Kier alpha value is -3.15. The first kappa shape index (κ1) is 16.3. The highest BCUT2D eigenvalue weighted by Crippen LogP contribution is 2.51. The minimum absolute atomic E-state index is 0.0599. The number of para-hydroxylation sites is 1. The third-order valence-corrected chi connectivity index (χ3v) is 5.26. The second kappa shape index (κ2) is 6.29. The van der Waals surface area contributed by atoms with Gasteiger partial charge in [0.15, 0.2) is 0 Å². The average molecular weight is 350 g/mol. The number of hydrogen-bond acceptors (Lipinski definition) is 5. The zero-order valence-corrected chi connectivity index (χ0v) is 14.2. The van der Waals surface area contributed by atoms with Crippen LogP contribution in [0.1, 0.15) is 39.9 Å². The van der Waals surface area contributed by atoms with E-state index in [4.69, 9.17) is 4.74 Å². The standard InChI is InChI=1S/C20H18N2O4/c1-26-20(23)13-10-8-12(9-11-13)18-15-5-2-4-14(15)16-6-3-7-17(22(24)25)19(16)21-18/h2-4,6-11,14-15,18,21H,5H2,1H3. The Morgan fingerprint density at radius 3 is 2.69 bits per heavy atom. The number of nitrogens with one attached hydrogen (secondary N) is 1. The fourth-order valence-electron chi connectivity index (χ4n) is 4.03. The topological polar surface area (TPSA) is 81.5 Å². The molecule has 26 heavy (non-hydrogen) atoms. The lowest BCUT2D eigenvalue weighted by Crippen LogP contribution is -2.29. The molecule has 1 N–H and O–H groups in total. The van der Waals surface area contributed by atoms with Crippen molar-refractivity contribution in [1.29, 1.82) is 0 Å². The molecule has 0 radical (unpaired) electrons. The fraction of sp³-hybridized carbons (Fsp3) is 0.250. The quantitative estimate of drug-likeness (QED) is 0.388. The van der Waals surface area contributed by atoms with Gasteiger partial charge in [-0.2, -0.15) is 0 Å². The molecule has 3 atom stereocenters. The second-order valence-electron chi connectivity index (χ2n) is 6.59. The van der Waals surface area contributed by atoms with Crippen molar-refractivity contribution >= 4 is 17.3 Å². The van der Waals surface area contributed by atoms with E-state index in [0.29, 0.717) is 11.3 Å². The van der Waals surface area contributed by atoms with E-state index in [0.717, 1.165) is 17.5 Å². The molecular weight excluding hydrogens is 332 g/mol. The molecule has 6 heteroatoms. The molecule has 1 aliphatic carbocycles. The van der Waals surface area contributed by atoms with Crippen LogP contribution in [0, 0.1) is 16.0 Å². The van der Waals surface area contributed by atoms with E-state index in [2.05, 4.69) is 17.5 Å². The first-order valence-corrected chi connectivity index (χ1v) is 8.49. The van der Waals surface area contributed by atoms with E-state index in [1.807, 2.05) is 18.2 Å². The molecule has 2 aromatic rings. The van der Waals surface area contributed by atoms with E-state index in [1.54, 1.807) is 18.2 Å². The van der Waals surface area contributed by atoms with Gasteiger partial charge in [-0.3, -0.25) is 10.1 Å². The Morgan fingerprint density at radius 2 is 2.00 bits per heavy atom. The van der Waals surface area contributed by atoms with Gasteiger partial charge in [0.25, 0.3) is 5.69 Å². The normalized spacial score (nSPS) is 22.9.